The average molecular weight is 420 g/mol. The lowest BCUT2D eigenvalue weighted by Gasteiger charge is -2.34. The summed E-state index contributed by atoms with van der Waals surface area (Å²) in [4.78, 5) is 21.9. The molecule has 1 amide bonds. The number of methoxy groups -OCH3 is 1. The number of amides is 1. The van der Waals surface area contributed by atoms with Crippen LogP contribution in [0.3, 0.4) is 0 Å². The quantitative estimate of drug-likeness (QED) is 0.625. The van der Waals surface area contributed by atoms with Crippen LogP contribution in [0.2, 0.25) is 0 Å². The summed E-state index contributed by atoms with van der Waals surface area (Å²) in [5.41, 5.74) is 0.887. The number of hydrogen-bond donors (Lipinski definition) is 0. The Morgan fingerprint density at radius 2 is 1.97 bits per heavy atom. The number of carbonyl (C=O) groups excluding carboxylic acids is 1. The number of piperazine rings is 1. The molecule has 0 atom stereocenters. The van der Waals surface area contributed by atoms with Crippen molar-refractivity contribution < 1.29 is 13.9 Å². The van der Waals surface area contributed by atoms with Crippen molar-refractivity contribution in [3.8, 4) is 11.8 Å². The van der Waals surface area contributed by atoms with E-state index in [9.17, 15) is 10.1 Å². The number of aromatic nitrogens is 1. The van der Waals surface area contributed by atoms with E-state index in [1.807, 2.05) is 28.5 Å². The van der Waals surface area contributed by atoms with Gasteiger partial charge in [-0.05, 0) is 41.8 Å². The zero-order valence-corrected chi connectivity index (χ0v) is 17.3. The zero-order chi connectivity index (χ0) is 20.9. The average Bonchev–Trinajstić information content (AvgIpc) is 3.47. The molecule has 0 aliphatic carbocycles. The van der Waals surface area contributed by atoms with Crippen LogP contribution in [-0.4, -0.2) is 49.1 Å². The van der Waals surface area contributed by atoms with E-state index < -0.39 is 0 Å². The number of anilines is 1. The zero-order valence-electron chi connectivity index (χ0n) is 16.4. The highest BCUT2D eigenvalue weighted by atomic mass is 32.1. The van der Waals surface area contributed by atoms with Crippen molar-refractivity contribution >= 4 is 35.3 Å². The van der Waals surface area contributed by atoms with Gasteiger partial charge in [0.2, 0.25) is 17.5 Å². The van der Waals surface area contributed by atoms with E-state index in [2.05, 4.69) is 11.1 Å². The first-order valence-corrected chi connectivity index (χ1v) is 10.4. The molecule has 0 bridgehead atoms. The summed E-state index contributed by atoms with van der Waals surface area (Å²) in [6, 6.07) is 13.2. The van der Waals surface area contributed by atoms with Gasteiger partial charge < -0.3 is 19.0 Å². The van der Waals surface area contributed by atoms with Crippen LogP contribution < -0.4 is 9.64 Å². The molecular weight excluding hydrogens is 400 g/mol. The second-order valence-corrected chi connectivity index (χ2v) is 7.65. The van der Waals surface area contributed by atoms with Gasteiger partial charge in [-0.25, -0.2) is 0 Å². The monoisotopic (exact) mass is 420 g/mol. The van der Waals surface area contributed by atoms with E-state index in [0.29, 0.717) is 43.5 Å². The van der Waals surface area contributed by atoms with Crippen LogP contribution in [-0.2, 0) is 0 Å². The Labute approximate surface area is 178 Å². The number of nitrogens with zero attached hydrogens (tertiary/aromatic N) is 4. The highest BCUT2D eigenvalue weighted by molar-refractivity contribution is 7.10. The molecule has 0 spiro atoms. The highest BCUT2D eigenvalue weighted by Crippen LogP contribution is 2.25. The summed E-state index contributed by atoms with van der Waals surface area (Å²) in [6.45, 7) is 2.22. The van der Waals surface area contributed by atoms with E-state index in [4.69, 9.17) is 9.15 Å². The van der Waals surface area contributed by atoms with E-state index in [1.54, 1.807) is 53.7 Å². The molecule has 1 aromatic carbocycles. The van der Waals surface area contributed by atoms with Crippen molar-refractivity contribution in [2.24, 2.45) is 0 Å². The fourth-order valence-electron chi connectivity index (χ4n) is 3.25. The summed E-state index contributed by atoms with van der Waals surface area (Å²) in [7, 11) is 1.60. The molecular formula is C22H20N4O3S. The van der Waals surface area contributed by atoms with Gasteiger partial charge in [-0.3, -0.25) is 4.79 Å². The third-order valence-electron chi connectivity index (χ3n) is 4.86. The molecule has 0 N–H and O–H groups in total. The lowest BCUT2D eigenvalue weighted by molar-refractivity contribution is 0.0745. The van der Waals surface area contributed by atoms with Crippen LogP contribution in [0.4, 0.5) is 5.88 Å². The van der Waals surface area contributed by atoms with Crippen LogP contribution in [0.25, 0.3) is 12.2 Å². The Hall–Kier alpha value is -3.57. The minimum absolute atomic E-state index is 0.0186. The van der Waals surface area contributed by atoms with Gasteiger partial charge in [0.05, 0.1) is 7.11 Å². The lowest BCUT2D eigenvalue weighted by atomic mass is 10.1. The number of carbonyl (C=O) groups is 1. The molecule has 4 rings (SSSR count). The fourth-order valence-corrected chi connectivity index (χ4v) is 3.87. The third kappa shape index (κ3) is 4.21. The summed E-state index contributed by atoms with van der Waals surface area (Å²) >= 11 is 1.61. The molecule has 1 fully saturated rings. The topological polar surface area (TPSA) is 82.6 Å². The van der Waals surface area contributed by atoms with Gasteiger partial charge in [0.15, 0.2) is 0 Å². The van der Waals surface area contributed by atoms with Gasteiger partial charge in [-0.15, -0.1) is 11.3 Å². The number of ether oxygens (including phenoxy) is 1. The number of hydrogen-bond acceptors (Lipinski definition) is 7. The van der Waals surface area contributed by atoms with Crippen molar-refractivity contribution in [3.05, 3.63) is 63.8 Å². The van der Waals surface area contributed by atoms with Crippen molar-refractivity contribution in [1.29, 1.82) is 5.26 Å². The number of oxazole rings is 1. The maximum atomic E-state index is 12.7. The van der Waals surface area contributed by atoms with Crippen molar-refractivity contribution in [3.63, 3.8) is 0 Å². The normalized spacial score (nSPS) is 14.1. The first kappa shape index (κ1) is 19.7. The van der Waals surface area contributed by atoms with E-state index in [-0.39, 0.29) is 11.6 Å². The number of rotatable bonds is 5. The Morgan fingerprint density at radius 1 is 1.20 bits per heavy atom. The summed E-state index contributed by atoms with van der Waals surface area (Å²) in [6.07, 6.45) is 3.67. The van der Waals surface area contributed by atoms with E-state index in [1.165, 1.54) is 0 Å². The Kier molecular flexibility index (Phi) is 5.82. The van der Waals surface area contributed by atoms with Crippen LogP contribution in [0.15, 0.2) is 46.2 Å². The highest BCUT2D eigenvalue weighted by Gasteiger charge is 2.26. The van der Waals surface area contributed by atoms with E-state index >= 15 is 0 Å². The first-order chi connectivity index (χ1) is 14.7. The predicted octanol–water partition coefficient (Wildman–Crippen LogP) is 3.75. The molecule has 3 heterocycles. The molecule has 7 nitrogen and oxygen atoms in total. The van der Waals surface area contributed by atoms with Crippen molar-refractivity contribution in [2.45, 2.75) is 0 Å². The second-order valence-electron chi connectivity index (χ2n) is 6.67. The Bertz CT molecular complexity index is 1070. The molecule has 2 aromatic heterocycles. The Morgan fingerprint density at radius 3 is 2.60 bits per heavy atom. The number of benzene rings is 1. The van der Waals surface area contributed by atoms with Gasteiger partial charge in [0.25, 0.3) is 5.91 Å². The molecule has 8 heteroatoms. The van der Waals surface area contributed by atoms with Gasteiger partial charge in [0.1, 0.15) is 11.8 Å². The smallest absolute Gasteiger partial charge is 0.253 e. The molecule has 0 unspecified atom stereocenters. The number of thiophene rings is 1. The van der Waals surface area contributed by atoms with Gasteiger partial charge in [-0.2, -0.15) is 10.2 Å². The molecule has 1 saturated heterocycles. The Balaban J connectivity index is 1.42. The van der Waals surface area contributed by atoms with E-state index in [0.717, 1.165) is 10.6 Å². The van der Waals surface area contributed by atoms with Crippen LogP contribution in [0.1, 0.15) is 26.8 Å². The van der Waals surface area contributed by atoms with Crippen LogP contribution >= 0.6 is 11.3 Å². The minimum Gasteiger partial charge on any atom is -0.497 e. The lowest BCUT2D eigenvalue weighted by Crippen LogP contribution is -2.48. The summed E-state index contributed by atoms with van der Waals surface area (Å²) in [5.74, 6) is 1.55. The maximum Gasteiger partial charge on any atom is 0.253 e. The molecule has 152 valence electrons. The summed E-state index contributed by atoms with van der Waals surface area (Å²) in [5, 5.41) is 11.4. The van der Waals surface area contributed by atoms with Gasteiger partial charge >= 0.3 is 0 Å². The number of nitriles is 1. The maximum absolute atomic E-state index is 12.7. The second kappa shape index (κ2) is 8.84. The molecule has 1 aliphatic rings. The molecule has 30 heavy (non-hydrogen) atoms. The van der Waals surface area contributed by atoms with Crippen LogP contribution in [0.5, 0.6) is 5.75 Å². The minimum atomic E-state index is -0.0186. The predicted molar refractivity (Wildman–Crippen MR) is 116 cm³/mol. The standard InChI is InChI=1S/C22H20N4O3S/c1-28-17-6-4-16(5-7-17)21(27)25-10-12-26(13-11-25)22-19(15-23)24-20(29-22)9-8-18-3-2-14-30-18/h2-9,14H,10-13H2,1H3/b9-8+. The summed E-state index contributed by atoms with van der Waals surface area (Å²) < 4.78 is 11.0. The largest absolute Gasteiger partial charge is 0.497 e. The van der Waals surface area contributed by atoms with Gasteiger partial charge in [0, 0.05) is 42.7 Å². The van der Waals surface area contributed by atoms with Crippen LogP contribution in [0, 0.1) is 11.3 Å². The van der Waals surface area contributed by atoms with Crippen molar-refractivity contribution in [2.75, 3.05) is 38.2 Å². The molecule has 1 aliphatic heterocycles. The first-order valence-electron chi connectivity index (χ1n) is 9.48. The van der Waals surface area contributed by atoms with Gasteiger partial charge in [-0.1, -0.05) is 6.07 Å². The van der Waals surface area contributed by atoms with Crippen molar-refractivity contribution in [1.82, 2.24) is 9.88 Å². The SMILES string of the molecule is COc1ccc(C(=O)N2CCN(c3oc(/C=C/c4cccs4)nc3C#N)CC2)cc1. The molecule has 0 radical (unpaired) electrons. The fraction of sp³-hybridized carbons (Fsp3) is 0.227. The molecule has 0 saturated carbocycles. The molecule has 3 aromatic rings. The third-order valence-corrected chi connectivity index (χ3v) is 5.69.